The molecule has 0 saturated carbocycles. The van der Waals surface area contributed by atoms with Crippen LogP contribution in [-0.2, 0) is 0 Å². The summed E-state index contributed by atoms with van der Waals surface area (Å²) in [5, 5.41) is 4.12. The number of nitrogens with zero attached hydrogens (tertiary/aromatic N) is 1. The van der Waals surface area contributed by atoms with Crippen molar-refractivity contribution in [2.24, 2.45) is 0 Å². The molecular weight excluding hydrogens is 297 g/mol. The van der Waals surface area contributed by atoms with Crippen LogP contribution in [0.5, 0.6) is 0 Å². The van der Waals surface area contributed by atoms with E-state index < -0.39 is 0 Å². The van der Waals surface area contributed by atoms with Gasteiger partial charge in [-0.15, -0.1) is 0 Å². The Hall–Kier alpha value is -2.74. The third-order valence-electron chi connectivity index (χ3n) is 4.54. The molecule has 24 heavy (non-hydrogen) atoms. The van der Waals surface area contributed by atoms with E-state index in [-0.39, 0.29) is 5.82 Å². The third-order valence-corrected chi connectivity index (χ3v) is 4.54. The first-order chi connectivity index (χ1) is 11.5. The molecule has 3 aromatic carbocycles. The van der Waals surface area contributed by atoms with E-state index in [0.29, 0.717) is 0 Å². The molecule has 0 N–H and O–H groups in total. The molecule has 118 valence electrons. The van der Waals surface area contributed by atoms with Crippen molar-refractivity contribution in [3.05, 3.63) is 77.2 Å². The molecule has 2 heteroatoms. The Bertz CT molecular complexity index is 1080. The molecule has 1 aromatic heterocycles. The van der Waals surface area contributed by atoms with E-state index in [4.69, 9.17) is 0 Å². The maximum atomic E-state index is 13.9. The van der Waals surface area contributed by atoms with Gasteiger partial charge in [-0.25, -0.2) is 4.39 Å². The lowest BCUT2D eigenvalue weighted by Crippen LogP contribution is -1.90. The zero-order valence-corrected chi connectivity index (χ0v) is 14.0. The molecule has 0 aliphatic carbocycles. The molecule has 4 aromatic rings. The number of hydrogen-bond donors (Lipinski definition) is 0. The minimum Gasteiger partial charge on any atom is -0.256 e. The average Bonchev–Trinajstić information content (AvgIpc) is 2.53. The van der Waals surface area contributed by atoms with Crippen LogP contribution in [0.3, 0.4) is 0 Å². The molecule has 0 aliphatic rings. The Balaban J connectivity index is 2.10. The lowest BCUT2D eigenvalue weighted by atomic mass is 9.95. The summed E-state index contributed by atoms with van der Waals surface area (Å²) < 4.78 is 13.9. The zero-order valence-electron chi connectivity index (χ0n) is 14.0. The van der Waals surface area contributed by atoms with Crippen molar-refractivity contribution in [3.8, 4) is 11.3 Å². The van der Waals surface area contributed by atoms with Crippen molar-refractivity contribution in [1.82, 2.24) is 4.98 Å². The number of rotatable bonds is 1. The second kappa shape index (κ2) is 5.41. The predicted molar refractivity (Wildman–Crippen MR) is 98.9 cm³/mol. The highest BCUT2D eigenvalue weighted by Gasteiger charge is 2.10. The highest BCUT2D eigenvalue weighted by molar-refractivity contribution is 6.11. The quantitative estimate of drug-likeness (QED) is 0.386. The molecule has 0 atom stereocenters. The van der Waals surface area contributed by atoms with Gasteiger partial charge in [-0.3, -0.25) is 4.98 Å². The van der Waals surface area contributed by atoms with Gasteiger partial charge in [-0.05, 0) is 72.8 Å². The largest absolute Gasteiger partial charge is 0.256 e. The van der Waals surface area contributed by atoms with Crippen molar-refractivity contribution in [3.63, 3.8) is 0 Å². The van der Waals surface area contributed by atoms with Gasteiger partial charge in [0.05, 0.1) is 5.69 Å². The van der Waals surface area contributed by atoms with Crippen molar-refractivity contribution >= 4 is 21.5 Å². The first-order valence-corrected chi connectivity index (χ1v) is 8.09. The lowest BCUT2D eigenvalue weighted by Gasteiger charge is -2.11. The number of halogens is 1. The summed E-state index contributed by atoms with van der Waals surface area (Å²) in [6.45, 7) is 6.13. The van der Waals surface area contributed by atoms with Gasteiger partial charge in [0, 0.05) is 17.1 Å². The van der Waals surface area contributed by atoms with Crippen LogP contribution in [0, 0.1) is 26.6 Å². The molecule has 1 heterocycles. The van der Waals surface area contributed by atoms with Gasteiger partial charge >= 0.3 is 0 Å². The minimum absolute atomic E-state index is 0.197. The number of aromatic nitrogens is 1. The van der Waals surface area contributed by atoms with Crippen LogP contribution in [0.2, 0.25) is 0 Å². The number of hydrogen-bond acceptors (Lipinski definition) is 1. The lowest BCUT2D eigenvalue weighted by molar-refractivity contribution is 0.629. The standard InChI is InChI=1S/C22H18FN/c1-13-8-14(2)10-16(9-13)22-20-5-4-18-15(3)11-17(23)12-21(18)19(20)6-7-24-22/h4-12H,1-3H3. The SMILES string of the molecule is Cc1cc(C)cc(-c2nccc3c2ccc2c(C)cc(F)cc23)c1. The number of benzene rings is 3. The summed E-state index contributed by atoms with van der Waals surface area (Å²) in [5.41, 5.74) is 5.43. The smallest absolute Gasteiger partial charge is 0.124 e. The van der Waals surface area contributed by atoms with E-state index in [0.717, 1.165) is 38.4 Å². The summed E-state index contributed by atoms with van der Waals surface area (Å²) in [6.07, 6.45) is 1.81. The van der Waals surface area contributed by atoms with E-state index >= 15 is 0 Å². The van der Waals surface area contributed by atoms with Crippen molar-refractivity contribution in [2.75, 3.05) is 0 Å². The monoisotopic (exact) mass is 315 g/mol. The highest BCUT2D eigenvalue weighted by Crippen LogP contribution is 2.33. The first-order valence-electron chi connectivity index (χ1n) is 8.09. The maximum absolute atomic E-state index is 13.9. The van der Waals surface area contributed by atoms with Gasteiger partial charge in [0.2, 0.25) is 0 Å². The molecule has 0 amide bonds. The van der Waals surface area contributed by atoms with Crippen LogP contribution < -0.4 is 0 Å². The Morgan fingerprint density at radius 2 is 1.42 bits per heavy atom. The first kappa shape index (κ1) is 14.8. The number of aryl methyl sites for hydroxylation is 3. The zero-order chi connectivity index (χ0) is 16.8. The van der Waals surface area contributed by atoms with Gasteiger partial charge in [0.15, 0.2) is 0 Å². The van der Waals surface area contributed by atoms with Crippen molar-refractivity contribution in [1.29, 1.82) is 0 Å². The fraction of sp³-hybridized carbons (Fsp3) is 0.136. The predicted octanol–water partition coefficient (Wildman–Crippen LogP) is 6.12. The fourth-order valence-electron chi connectivity index (χ4n) is 3.58. The normalized spacial score (nSPS) is 11.3. The highest BCUT2D eigenvalue weighted by atomic mass is 19.1. The molecule has 0 radical (unpaired) electrons. The summed E-state index contributed by atoms with van der Waals surface area (Å²) in [6, 6.07) is 15.8. The molecule has 0 fully saturated rings. The number of pyridine rings is 1. The minimum atomic E-state index is -0.197. The van der Waals surface area contributed by atoms with Crippen molar-refractivity contribution in [2.45, 2.75) is 20.8 Å². The van der Waals surface area contributed by atoms with Crippen LogP contribution in [0.15, 0.2) is 54.7 Å². The van der Waals surface area contributed by atoms with E-state index in [9.17, 15) is 4.39 Å². The van der Waals surface area contributed by atoms with Crippen LogP contribution in [-0.4, -0.2) is 4.98 Å². The average molecular weight is 315 g/mol. The summed E-state index contributed by atoms with van der Waals surface area (Å²) in [5.74, 6) is -0.197. The van der Waals surface area contributed by atoms with Gasteiger partial charge in [0.25, 0.3) is 0 Å². The Morgan fingerprint density at radius 3 is 2.17 bits per heavy atom. The number of fused-ring (bicyclic) bond motifs is 3. The maximum Gasteiger partial charge on any atom is 0.124 e. The van der Waals surface area contributed by atoms with Crippen LogP contribution in [0.25, 0.3) is 32.8 Å². The molecular formula is C22H18FN. The van der Waals surface area contributed by atoms with Gasteiger partial charge in [-0.1, -0.05) is 29.3 Å². The molecule has 0 aliphatic heterocycles. The topological polar surface area (TPSA) is 12.9 Å². The Labute approximate surface area is 140 Å². The molecule has 0 unspecified atom stereocenters. The second-order valence-corrected chi connectivity index (χ2v) is 6.51. The summed E-state index contributed by atoms with van der Waals surface area (Å²) in [7, 11) is 0. The van der Waals surface area contributed by atoms with Gasteiger partial charge in [-0.2, -0.15) is 0 Å². The molecule has 0 spiro atoms. The van der Waals surface area contributed by atoms with Crippen LogP contribution in [0.4, 0.5) is 4.39 Å². The van der Waals surface area contributed by atoms with E-state index in [1.165, 1.54) is 11.1 Å². The summed E-state index contributed by atoms with van der Waals surface area (Å²) in [4.78, 5) is 4.62. The van der Waals surface area contributed by atoms with Crippen LogP contribution in [0.1, 0.15) is 16.7 Å². The van der Waals surface area contributed by atoms with Gasteiger partial charge < -0.3 is 0 Å². The molecule has 4 rings (SSSR count). The Morgan fingerprint density at radius 1 is 0.708 bits per heavy atom. The Kier molecular flexibility index (Phi) is 3.34. The van der Waals surface area contributed by atoms with E-state index in [1.807, 2.05) is 19.2 Å². The third kappa shape index (κ3) is 2.35. The fourth-order valence-corrected chi connectivity index (χ4v) is 3.58. The second-order valence-electron chi connectivity index (χ2n) is 6.51. The van der Waals surface area contributed by atoms with Crippen LogP contribution >= 0.6 is 0 Å². The van der Waals surface area contributed by atoms with Crippen molar-refractivity contribution < 1.29 is 4.39 Å². The summed E-state index contributed by atoms with van der Waals surface area (Å²) >= 11 is 0. The molecule has 1 nitrogen and oxygen atoms in total. The molecule has 0 bridgehead atoms. The van der Waals surface area contributed by atoms with Gasteiger partial charge in [0.1, 0.15) is 5.82 Å². The van der Waals surface area contributed by atoms with E-state index in [2.05, 4.69) is 49.2 Å². The van der Waals surface area contributed by atoms with E-state index in [1.54, 1.807) is 12.1 Å². The molecule has 0 saturated heterocycles.